The lowest BCUT2D eigenvalue weighted by Crippen LogP contribution is -2.22. The molecular weight excluding hydrogens is 657 g/mol. The van der Waals surface area contributed by atoms with Crippen LogP contribution in [0.3, 0.4) is 0 Å². The van der Waals surface area contributed by atoms with Crippen LogP contribution in [0.1, 0.15) is 175 Å². The SMILES string of the molecule is CCCCCCCCCCCCCCCC(=O)OC1CCCc2nc(C(C)C)c(CC(F)c3ccc(C(F)(F)F)cc3)c(-c3ccc(F)cc3)c21. The summed E-state index contributed by atoms with van der Waals surface area (Å²) in [5, 5.41) is 0. The van der Waals surface area contributed by atoms with E-state index in [1.807, 2.05) is 13.8 Å². The molecule has 1 aliphatic rings. The molecule has 3 aromatic rings. The Morgan fingerprint density at radius 3 is 1.96 bits per heavy atom. The highest BCUT2D eigenvalue weighted by atomic mass is 19.4. The molecule has 0 aliphatic heterocycles. The summed E-state index contributed by atoms with van der Waals surface area (Å²) in [4.78, 5) is 18.2. The van der Waals surface area contributed by atoms with Gasteiger partial charge in [-0.1, -0.05) is 122 Å². The number of nitrogens with zero attached hydrogens (tertiary/aromatic N) is 1. The van der Waals surface area contributed by atoms with Crippen molar-refractivity contribution in [2.75, 3.05) is 0 Å². The molecule has 0 amide bonds. The molecule has 51 heavy (non-hydrogen) atoms. The zero-order valence-electron chi connectivity index (χ0n) is 30.7. The second kappa shape index (κ2) is 20.1. The third-order valence-electron chi connectivity index (χ3n) is 10.1. The van der Waals surface area contributed by atoms with E-state index in [1.54, 1.807) is 12.1 Å². The van der Waals surface area contributed by atoms with Crippen molar-refractivity contribution in [2.24, 2.45) is 0 Å². The molecule has 4 rings (SSSR count). The smallest absolute Gasteiger partial charge is 0.416 e. The van der Waals surface area contributed by atoms with Gasteiger partial charge in [0.25, 0.3) is 0 Å². The van der Waals surface area contributed by atoms with Crippen LogP contribution in [0.5, 0.6) is 0 Å². The first-order chi connectivity index (χ1) is 24.5. The van der Waals surface area contributed by atoms with Crippen molar-refractivity contribution in [1.82, 2.24) is 4.98 Å². The van der Waals surface area contributed by atoms with Gasteiger partial charge in [0.15, 0.2) is 0 Å². The number of benzene rings is 2. The van der Waals surface area contributed by atoms with Crippen LogP contribution in [-0.4, -0.2) is 11.0 Å². The zero-order valence-corrected chi connectivity index (χ0v) is 30.7. The number of esters is 1. The first-order valence-electron chi connectivity index (χ1n) is 19.3. The molecule has 0 fully saturated rings. The van der Waals surface area contributed by atoms with E-state index in [4.69, 9.17) is 9.72 Å². The fraction of sp³-hybridized carbons (Fsp3) is 0.581. The zero-order chi connectivity index (χ0) is 36.8. The molecule has 8 heteroatoms. The number of rotatable bonds is 20. The maximum absolute atomic E-state index is 16.1. The lowest BCUT2D eigenvalue weighted by Gasteiger charge is -2.31. The van der Waals surface area contributed by atoms with Crippen molar-refractivity contribution in [1.29, 1.82) is 0 Å². The van der Waals surface area contributed by atoms with Gasteiger partial charge in [0, 0.05) is 29.8 Å². The molecular formula is C43H56F5NO2. The highest BCUT2D eigenvalue weighted by molar-refractivity contribution is 5.75. The van der Waals surface area contributed by atoms with Crippen LogP contribution < -0.4 is 0 Å². The van der Waals surface area contributed by atoms with E-state index in [-0.39, 0.29) is 23.9 Å². The van der Waals surface area contributed by atoms with Gasteiger partial charge in [-0.05, 0) is 78.1 Å². The van der Waals surface area contributed by atoms with Crippen LogP contribution in [0.15, 0.2) is 48.5 Å². The van der Waals surface area contributed by atoms with Crippen LogP contribution in [0, 0.1) is 5.82 Å². The van der Waals surface area contributed by atoms with Gasteiger partial charge in [0.2, 0.25) is 0 Å². The predicted molar refractivity (Wildman–Crippen MR) is 195 cm³/mol. The Hall–Kier alpha value is -3.29. The van der Waals surface area contributed by atoms with Crippen LogP contribution in [0.2, 0.25) is 0 Å². The lowest BCUT2D eigenvalue weighted by atomic mass is 9.81. The Kier molecular flexibility index (Phi) is 15.9. The van der Waals surface area contributed by atoms with Gasteiger partial charge in [-0.2, -0.15) is 13.2 Å². The van der Waals surface area contributed by atoms with Crippen molar-refractivity contribution in [3.05, 3.63) is 88.0 Å². The minimum Gasteiger partial charge on any atom is -0.457 e. The number of fused-ring (bicyclic) bond motifs is 1. The number of ether oxygens (including phenoxy) is 1. The van der Waals surface area contributed by atoms with Crippen LogP contribution in [0.25, 0.3) is 11.1 Å². The monoisotopic (exact) mass is 713 g/mol. The summed E-state index contributed by atoms with van der Waals surface area (Å²) in [6.45, 7) is 6.17. The van der Waals surface area contributed by atoms with Gasteiger partial charge < -0.3 is 4.74 Å². The molecule has 0 radical (unpaired) electrons. The predicted octanol–water partition coefficient (Wildman–Crippen LogP) is 13.7. The average molecular weight is 714 g/mol. The molecule has 0 spiro atoms. The highest BCUT2D eigenvalue weighted by Crippen LogP contribution is 2.45. The minimum atomic E-state index is -4.52. The standard InChI is InChI=1S/C43H56F5NO2/c1-4-5-6-7-8-9-10-11-12-13-14-15-16-20-39(50)51-38-19-17-18-37-41(38)40(32-23-27-34(44)28-24-32)35(42(49-37)30(2)3)29-36(45)31-21-25-33(26-22-31)43(46,47)48/h21-28,30,36,38H,4-20,29H2,1-3H3. The number of aromatic nitrogens is 1. The van der Waals surface area contributed by atoms with Crippen LogP contribution >= 0.6 is 0 Å². The fourth-order valence-electron chi connectivity index (χ4n) is 7.28. The van der Waals surface area contributed by atoms with E-state index in [2.05, 4.69) is 6.92 Å². The number of halogens is 5. The molecule has 0 saturated carbocycles. The molecule has 3 nitrogen and oxygen atoms in total. The van der Waals surface area contributed by atoms with E-state index in [1.165, 1.54) is 88.5 Å². The number of alkyl halides is 4. The van der Waals surface area contributed by atoms with Gasteiger partial charge >= 0.3 is 12.1 Å². The number of carbonyl (C=O) groups excluding carboxylic acids is 1. The fourth-order valence-corrected chi connectivity index (χ4v) is 7.28. The lowest BCUT2D eigenvalue weighted by molar-refractivity contribution is -0.150. The number of pyridine rings is 1. The number of aryl methyl sites for hydroxylation is 1. The summed E-state index contributed by atoms with van der Waals surface area (Å²) in [6, 6.07) is 10.1. The minimum absolute atomic E-state index is 0.0946. The second-order valence-electron chi connectivity index (χ2n) is 14.5. The third kappa shape index (κ3) is 12.1. The van der Waals surface area contributed by atoms with Gasteiger partial charge in [-0.15, -0.1) is 0 Å². The Balaban J connectivity index is 1.47. The Morgan fingerprint density at radius 1 is 0.843 bits per heavy atom. The molecule has 280 valence electrons. The maximum Gasteiger partial charge on any atom is 0.416 e. The van der Waals surface area contributed by atoms with Gasteiger partial charge in [-0.25, -0.2) is 8.78 Å². The van der Waals surface area contributed by atoms with E-state index in [9.17, 15) is 22.4 Å². The quantitative estimate of drug-likeness (QED) is 0.0665. The maximum atomic E-state index is 16.1. The molecule has 1 heterocycles. The topological polar surface area (TPSA) is 39.2 Å². The summed E-state index contributed by atoms with van der Waals surface area (Å²) in [5.41, 5.74) is 3.42. The summed E-state index contributed by atoms with van der Waals surface area (Å²) < 4.78 is 76.0. The van der Waals surface area contributed by atoms with Crippen LogP contribution in [0.4, 0.5) is 22.0 Å². The van der Waals surface area contributed by atoms with E-state index >= 15 is 4.39 Å². The van der Waals surface area contributed by atoms with Gasteiger partial charge in [0.1, 0.15) is 18.1 Å². The molecule has 2 aromatic carbocycles. The molecule has 1 aromatic heterocycles. The highest BCUT2D eigenvalue weighted by Gasteiger charge is 2.34. The Morgan fingerprint density at radius 2 is 1.41 bits per heavy atom. The number of unbranched alkanes of at least 4 members (excludes halogenated alkanes) is 12. The van der Waals surface area contributed by atoms with Crippen LogP contribution in [-0.2, 0) is 28.5 Å². The number of hydrogen-bond acceptors (Lipinski definition) is 3. The van der Waals surface area contributed by atoms with Crippen molar-refractivity contribution in [3.63, 3.8) is 0 Å². The summed E-state index contributed by atoms with van der Waals surface area (Å²) in [5.74, 6) is -0.785. The Bertz CT molecular complexity index is 1500. The third-order valence-corrected chi connectivity index (χ3v) is 10.1. The molecule has 0 bridgehead atoms. The summed E-state index contributed by atoms with van der Waals surface area (Å²) in [7, 11) is 0. The molecule has 1 aliphatic carbocycles. The average Bonchev–Trinajstić information content (AvgIpc) is 3.10. The first-order valence-corrected chi connectivity index (χ1v) is 19.3. The van der Waals surface area contributed by atoms with Crippen molar-refractivity contribution in [2.45, 2.75) is 161 Å². The molecule has 0 N–H and O–H groups in total. The Labute approximate surface area is 301 Å². The van der Waals surface area contributed by atoms with Crippen molar-refractivity contribution in [3.8, 4) is 11.1 Å². The first kappa shape index (κ1) is 40.5. The molecule has 2 atom stereocenters. The number of hydrogen-bond donors (Lipinski definition) is 0. The van der Waals surface area contributed by atoms with E-state index in [0.717, 1.165) is 49.1 Å². The molecule has 2 unspecified atom stereocenters. The normalized spacial score (nSPS) is 15.2. The van der Waals surface area contributed by atoms with E-state index < -0.39 is 29.8 Å². The number of carbonyl (C=O) groups is 1. The van der Waals surface area contributed by atoms with Crippen molar-refractivity contribution < 1.29 is 31.5 Å². The van der Waals surface area contributed by atoms with Gasteiger partial charge in [0.05, 0.1) is 5.56 Å². The largest absolute Gasteiger partial charge is 0.457 e. The summed E-state index contributed by atoms with van der Waals surface area (Å²) in [6.07, 6.45) is 11.3. The van der Waals surface area contributed by atoms with Crippen molar-refractivity contribution >= 4 is 5.97 Å². The van der Waals surface area contributed by atoms with E-state index in [0.29, 0.717) is 41.6 Å². The second-order valence-corrected chi connectivity index (χ2v) is 14.5. The molecule has 0 saturated heterocycles. The van der Waals surface area contributed by atoms with Gasteiger partial charge in [-0.3, -0.25) is 9.78 Å². The summed E-state index contributed by atoms with van der Waals surface area (Å²) >= 11 is 0.